The Hall–Kier alpha value is -1.75. The maximum atomic E-state index is 12.1. The number of ether oxygens (including phenoxy) is 2. The standard InChI is InChI=1S/C16H24N2O3/c1-20-14-4-2-3-5-15(14)21-11-8-16(19)18-9-6-13(12-17)7-10-18/h2-5,13H,6-12,17H2,1H3. The number of nitrogens with two attached hydrogens (primary N) is 1. The van der Waals surface area contributed by atoms with Crippen LogP contribution in [0.2, 0.25) is 0 Å². The summed E-state index contributed by atoms with van der Waals surface area (Å²) in [4.78, 5) is 14.0. The smallest absolute Gasteiger partial charge is 0.225 e. The summed E-state index contributed by atoms with van der Waals surface area (Å²) in [5.41, 5.74) is 5.66. The summed E-state index contributed by atoms with van der Waals surface area (Å²) in [5.74, 6) is 2.09. The third-order valence-electron chi connectivity index (χ3n) is 3.94. The first-order valence-corrected chi connectivity index (χ1v) is 7.48. The zero-order valence-electron chi connectivity index (χ0n) is 12.6. The Kier molecular flexibility index (Phi) is 5.87. The predicted octanol–water partition coefficient (Wildman–Crippen LogP) is 1.66. The van der Waals surface area contributed by atoms with Crippen LogP contribution in [0.4, 0.5) is 0 Å². The van der Waals surface area contributed by atoms with Gasteiger partial charge >= 0.3 is 0 Å². The summed E-state index contributed by atoms with van der Waals surface area (Å²) in [7, 11) is 1.61. The number of carbonyl (C=O) groups is 1. The molecule has 2 rings (SSSR count). The number of hydrogen-bond acceptors (Lipinski definition) is 4. The Morgan fingerprint density at radius 2 is 1.95 bits per heavy atom. The lowest BCUT2D eigenvalue weighted by Gasteiger charge is -2.31. The number of hydrogen-bond donors (Lipinski definition) is 1. The molecular weight excluding hydrogens is 268 g/mol. The van der Waals surface area contributed by atoms with Crippen LogP contribution in [0, 0.1) is 5.92 Å². The zero-order chi connectivity index (χ0) is 15.1. The minimum atomic E-state index is 0.153. The molecule has 2 N–H and O–H groups in total. The number of amides is 1. The zero-order valence-corrected chi connectivity index (χ0v) is 12.6. The van der Waals surface area contributed by atoms with E-state index in [1.54, 1.807) is 7.11 Å². The van der Waals surface area contributed by atoms with Gasteiger partial charge in [-0.15, -0.1) is 0 Å². The largest absolute Gasteiger partial charge is 0.493 e. The first-order valence-electron chi connectivity index (χ1n) is 7.48. The number of rotatable bonds is 6. The van der Waals surface area contributed by atoms with Gasteiger partial charge < -0.3 is 20.1 Å². The lowest BCUT2D eigenvalue weighted by molar-refractivity contribution is -0.133. The van der Waals surface area contributed by atoms with Crippen molar-refractivity contribution in [1.82, 2.24) is 4.90 Å². The fourth-order valence-electron chi connectivity index (χ4n) is 2.56. The van der Waals surface area contributed by atoms with Crippen molar-refractivity contribution in [3.63, 3.8) is 0 Å². The van der Waals surface area contributed by atoms with Gasteiger partial charge in [-0.3, -0.25) is 4.79 Å². The average Bonchev–Trinajstić information content (AvgIpc) is 2.55. The molecule has 0 unspecified atom stereocenters. The van der Waals surface area contributed by atoms with Crippen molar-refractivity contribution in [1.29, 1.82) is 0 Å². The van der Waals surface area contributed by atoms with E-state index in [1.165, 1.54) is 0 Å². The Labute approximate surface area is 126 Å². The van der Waals surface area contributed by atoms with E-state index in [1.807, 2.05) is 29.2 Å². The maximum Gasteiger partial charge on any atom is 0.225 e. The first kappa shape index (κ1) is 15.6. The van der Waals surface area contributed by atoms with Crippen LogP contribution in [0.5, 0.6) is 11.5 Å². The molecule has 0 bridgehead atoms. The van der Waals surface area contributed by atoms with E-state index in [9.17, 15) is 4.79 Å². The summed E-state index contributed by atoms with van der Waals surface area (Å²) in [5, 5.41) is 0. The van der Waals surface area contributed by atoms with E-state index in [4.69, 9.17) is 15.2 Å². The van der Waals surface area contributed by atoms with Crippen molar-refractivity contribution in [3.05, 3.63) is 24.3 Å². The minimum absolute atomic E-state index is 0.153. The molecule has 1 aromatic rings. The Morgan fingerprint density at radius 1 is 1.29 bits per heavy atom. The van der Waals surface area contributed by atoms with Crippen molar-refractivity contribution in [2.24, 2.45) is 11.7 Å². The van der Waals surface area contributed by atoms with Gasteiger partial charge in [0.15, 0.2) is 11.5 Å². The molecule has 0 radical (unpaired) electrons. The number of carbonyl (C=O) groups excluding carboxylic acids is 1. The summed E-state index contributed by atoms with van der Waals surface area (Å²) >= 11 is 0. The van der Waals surface area contributed by atoms with Gasteiger partial charge in [-0.2, -0.15) is 0 Å². The fourth-order valence-corrected chi connectivity index (χ4v) is 2.56. The molecule has 116 valence electrons. The normalized spacial score (nSPS) is 15.8. The van der Waals surface area contributed by atoms with Crippen LogP contribution < -0.4 is 15.2 Å². The van der Waals surface area contributed by atoms with E-state index < -0.39 is 0 Å². The molecule has 0 spiro atoms. The number of nitrogens with zero attached hydrogens (tertiary/aromatic N) is 1. The highest BCUT2D eigenvalue weighted by Crippen LogP contribution is 2.25. The monoisotopic (exact) mass is 292 g/mol. The summed E-state index contributed by atoms with van der Waals surface area (Å²) < 4.78 is 10.9. The van der Waals surface area contributed by atoms with Gasteiger partial charge in [0.25, 0.3) is 0 Å². The van der Waals surface area contributed by atoms with E-state index in [0.29, 0.717) is 30.4 Å². The number of piperidine rings is 1. The topological polar surface area (TPSA) is 64.8 Å². The second-order valence-corrected chi connectivity index (χ2v) is 5.31. The van der Waals surface area contributed by atoms with Crippen LogP contribution in [-0.2, 0) is 4.79 Å². The third-order valence-corrected chi connectivity index (χ3v) is 3.94. The predicted molar refractivity (Wildman–Crippen MR) is 81.5 cm³/mol. The van der Waals surface area contributed by atoms with Crippen LogP contribution in [0.3, 0.4) is 0 Å². The minimum Gasteiger partial charge on any atom is -0.493 e. The lowest BCUT2D eigenvalue weighted by Crippen LogP contribution is -2.40. The molecule has 0 atom stereocenters. The van der Waals surface area contributed by atoms with E-state index >= 15 is 0 Å². The molecule has 1 fully saturated rings. The Morgan fingerprint density at radius 3 is 2.57 bits per heavy atom. The molecule has 1 heterocycles. The molecule has 0 aromatic heterocycles. The fraction of sp³-hybridized carbons (Fsp3) is 0.562. The second kappa shape index (κ2) is 7.88. The molecule has 1 aromatic carbocycles. The van der Waals surface area contributed by atoms with Gasteiger partial charge in [-0.05, 0) is 37.4 Å². The van der Waals surface area contributed by atoms with Gasteiger partial charge in [0, 0.05) is 13.1 Å². The Bertz CT molecular complexity index is 457. The molecule has 1 saturated heterocycles. The van der Waals surface area contributed by atoms with E-state index in [0.717, 1.165) is 32.5 Å². The van der Waals surface area contributed by atoms with Crippen LogP contribution in [0.25, 0.3) is 0 Å². The van der Waals surface area contributed by atoms with Crippen LogP contribution in [0.1, 0.15) is 19.3 Å². The highest BCUT2D eigenvalue weighted by Gasteiger charge is 2.21. The van der Waals surface area contributed by atoms with Crippen LogP contribution in [-0.4, -0.2) is 44.2 Å². The number of likely N-dealkylation sites (tertiary alicyclic amines) is 1. The van der Waals surface area contributed by atoms with Gasteiger partial charge in [0.1, 0.15) is 0 Å². The van der Waals surface area contributed by atoms with Crippen molar-refractivity contribution in [2.45, 2.75) is 19.3 Å². The number of methoxy groups -OCH3 is 1. The number of benzene rings is 1. The second-order valence-electron chi connectivity index (χ2n) is 5.31. The molecule has 1 amide bonds. The summed E-state index contributed by atoms with van der Waals surface area (Å²) in [6.07, 6.45) is 2.41. The molecule has 1 aliphatic heterocycles. The SMILES string of the molecule is COc1ccccc1OCCC(=O)N1CCC(CN)CC1. The third kappa shape index (κ3) is 4.36. The Balaban J connectivity index is 1.74. The quantitative estimate of drug-likeness (QED) is 0.866. The van der Waals surface area contributed by atoms with Crippen molar-refractivity contribution in [3.8, 4) is 11.5 Å². The van der Waals surface area contributed by atoms with Crippen LogP contribution >= 0.6 is 0 Å². The molecule has 0 aliphatic carbocycles. The van der Waals surface area contributed by atoms with Crippen molar-refractivity contribution < 1.29 is 14.3 Å². The molecule has 0 saturated carbocycles. The molecule has 5 nitrogen and oxygen atoms in total. The average molecular weight is 292 g/mol. The van der Waals surface area contributed by atoms with Gasteiger partial charge in [-0.1, -0.05) is 12.1 Å². The highest BCUT2D eigenvalue weighted by atomic mass is 16.5. The van der Waals surface area contributed by atoms with E-state index in [2.05, 4.69) is 0 Å². The maximum absolute atomic E-state index is 12.1. The van der Waals surface area contributed by atoms with Crippen LogP contribution in [0.15, 0.2) is 24.3 Å². The number of para-hydroxylation sites is 2. The molecular formula is C16H24N2O3. The van der Waals surface area contributed by atoms with E-state index in [-0.39, 0.29) is 5.91 Å². The van der Waals surface area contributed by atoms with Gasteiger partial charge in [0.05, 0.1) is 20.1 Å². The summed E-state index contributed by atoms with van der Waals surface area (Å²) in [6.45, 7) is 2.72. The summed E-state index contributed by atoms with van der Waals surface area (Å²) in [6, 6.07) is 7.46. The molecule has 21 heavy (non-hydrogen) atoms. The van der Waals surface area contributed by atoms with Gasteiger partial charge in [-0.25, -0.2) is 0 Å². The molecule has 5 heteroatoms. The highest BCUT2D eigenvalue weighted by molar-refractivity contribution is 5.76. The van der Waals surface area contributed by atoms with Crippen molar-refractivity contribution in [2.75, 3.05) is 33.4 Å². The van der Waals surface area contributed by atoms with Gasteiger partial charge in [0.2, 0.25) is 5.91 Å². The lowest BCUT2D eigenvalue weighted by atomic mass is 9.97. The molecule has 1 aliphatic rings. The van der Waals surface area contributed by atoms with Crippen molar-refractivity contribution >= 4 is 5.91 Å². The first-order chi connectivity index (χ1) is 10.2.